The van der Waals surface area contributed by atoms with Crippen LogP contribution in [-0.2, 0) is 0 Å². The number of amides is 1. The van der Waals surface area contributed by atoms with Crippen molar-refractivity contribution in [2.45, 2.75) is 25.8 Å². The van der Waals surface area contributed by atoms with Gasteiger partial charge in [-0.15, -0.1) is 0 Å². The second kappa shape index (κ2) is 5.68. The van der Waals surface area contributed by atoms with Gasteiger partial charge in [-0.1, -0.05) is 54.6 Å². The van der Waals surface area contributed by atoms with E-state index in [0.717, 1.165) is 17.0 Å². The van der Waals surface area contributed by atoms with Gasteiger partial charge in [-0.25, -0.2) is 0 Å². The topological polar surface area (TPSA) is 48.0 Å². The molecule has 1 aliphatic carbocycles. The molecule has 1 aliphatic rings. The van der Waals surface area contributed by atoms with E-state index in [9.17, 15) is 4.79 Å². The third-order valence-electron chi connectivity index (χ3n) is 4.76. The van der Waals surface area contributed by atoms with Crippen molar-refractivity contribution in [2.24, 2.45) is 5.73 Å². The van der Waals surface area contributed by atoms with Crippen molar-refractivity contribution in [2.75, 3.05) is 0 Å². The molecule has 0 saturated heterocycles. The van der Waals surface area contributed by atoms with Gasteiger partial charge < -0.3 is 10.3 Å². The molecular formula is C21H20N2O. The van der Waals surface area contributed by atoms with Crippen LogP contribution in [0.25, 0.3) is 22.4 Å². The molecular weight excluding hydrogens is 296 g/mol. The van der Waals surface area contributed by atoms with Gasteiger partial charge >= 0.3 is 0 Å². The monoisotopic (exact) mass is 316 g/mol. The molecule has 24 heavy (non-hydrogen) atoms. The second-order valence-electron chi connectivity index (χ2n) is 6.44. The van der Waals surface area contributed by atoms with Crippen LogP contribution in [-0.4, -0.2) is 10.5 Å². The maximum absolute atomic E-state index is 11.7. The zero-order chi connectivity index (χ0) is 16.7. The average molecular weight is 316 g/mol. The van der Waals surface area contributed by atoms with E-state index in [1.807, 2.05) is 31.2 Å². The zero-order valence-electron chi connectivity index (χ0n) is 13.7. The Morgan fingerprint density at radius 1 is 0.958 bits per heavy atom. The summed E-state index contributed by atoms with van der Waals surface area (Å²) in [6.45, 7) is 1.99. The third-order valence-corrected chi connectivity index (χ3v) is 4.76. The van der Waals surface area contributed by atoms with E-state index in [2.05, 4.69) is 41.0 Å². The van der Waals surface area contributed by atoms with Crippen LogP contribution in [0.5, 0.6) is 0 Å². The molecule has 3 heteroatoms. The Kier molecular flexibility index (Phi) is 3.49. The van der Waals surface area contributed by atoms with Gasteiger partial charge in [0, 0.05) is 17.4 Å². The molecule has 1 heterocycles. The van der Waals surface area contributed by atoms with Gasteiger partial charge in [-0.3, -0.25) is 4.79 Å². The Labute approximate surface area is 141 Å². The van der Waals surface area contributed by atoms with Crippen molar-refractivity contribution in [1.29, 1.82) is 0 Å². The number of nitrogens with zero attached hydrogens (tertiary/aromatic N) is 1. The molecule has 1 amide bonds. The number of benzene rings is 2. The smallest absolute Gasteiger partial charge is 0.250 e. The molecule has 1 saturated carbocycles. The van der Waals surface area contributed by atoms with E-state index in [-0.39, 0.29) is 5.91 Å². The molecule has 1 aromatic heterocycles. The molecule has 0 radical (unpaired) electrons. The van der Waals surface area contributed by atoms with Crippen LogP contribution >= 0.6 is 0 Å². The van der Waals surface area contributed by atoms with Crippen LogP contribution in [0.15, 0.2) is 60.7 Å². The first-order chi connectivity index (χ1) is 11.6. The molecule has 3 nitrogen and oxygen atoms in total. The van der Waals surface area contributed by atoms with Gasteiger partial charge in [0.15, 0.2) is 0 Å². The van der Waals surface area contributed by atoms with Gasteiger partial charge in [-0.05, 0) is 42.5 Å². The Morgan fingerprint density at radius 3 is 2.12 bits per heavy atom. The molecule has 120 valence electrons. The largest absolute Gasteiger partial charge is 0.366 e. The van der Waals surface area contributed by atoms with Crippen LogP contribution in [0.4, 0.5) is 0 Å². The number of hydrogen-bond acceptors (Lipinski definition) is 1. The highest BCUT2D eigenvalue weighted by Crippen LogP contribution is 2.41. The summed E-state index contributed by atoms with van der Waals surface area (Å²) in [5.74, 6) is -0.353. The summed E-state index contributed by atoms with van der Waals surface area (Å²) < 4.78 is 2.28. The van der Waals surface area contributed by atoms with Crippen LogP contribution in [0.2, 0.25) is 0 Å². The molecule has 0 aliphatic heterocycles. The Balaban J connectivity index is 1.76. The SMILES string of the molecule is Cc1c(C(N)=O)cc(-c2ccc(-c3ccccc3)cc2)n1C1CC1. The minimum absolute atomic E-state index is 0.353. The summed E-state index contributed by atoms with van der Waals surface area (Å²) in [6, 6.07) is 21.3. The first-order valence-electron chi connectivity index (χ1n) is 8.32. The number of rotatable bonds is 4. The van der Waals surface area contributed by atoms with Crippen molar-refractivity contribution >= 4 is 5.91 Å². The molecule has 3 aromatic rings. The molecule has 2 N–H and O–H groups in total. The first kappa shape index (κ1) is 14.8. The lowest BCUT2D eigenvalue weighted by Crippen LogP contribution is -2.12. The van der Waals surface area contributed by atoms with E-state index in [4.69, 9.17) is 5.73 Å². The molecule has 0 atom stereocenters. The molecule has 0 spiro atoms. The summed E-state index contributed by atoms with van der Waals surface area (Å²) in [6.07, 6.45) is 2.34. The zero-order valence-corrected chi connectivity index (χ0v) is 13.7. The minimum atomic E-state index is -0.353. The fourth-order valence-electron chi connectivity index (χ4n) is 3.36. The molecule has 0 bridgehead atoms. The van der Waals surface area contributed by atoms with Crippen molar-refractivity contribution in [3.63, 3.8) is 0 Å². The van der Waals surface area contributed by atoms with Gasteiger partial charge in [0.05, 0.1) is 5.56 Å². The van der Waals surface area contributed by atoms with Crippen LogP contribution in [0, 0.1) is 6.92 Å². The van der Waals surface area contributed by atoms with Crippen LogP contribution in [0.1, 0.15) is 34.9 Å². The predicted octanol–water partition coefficient (Wildman–Crippen LogP) is 4.56. The number of primary amides is 1. The fraction of sp³-hybridized carbons (Fsp3) is 0.190. The van der Waals surface area contributed by atoms with Crippen molar-refractivity contribution in [1.82, 2.24) is 4.57 Å². The quantitative estimate of drug-likeness (QED) is 0.753. The highest BCUT2D eigenvalue weighted by molar-refractivity contribution is 5.95. The lowest BCUT2D eigenvalue weighted by molar-refractivity contribution is 0.0999. The molecule has 1 fully saturated rings. The number of hydrogen-bond donors (Lipinski definition) is 1. The molecule has 4 rings (SSSR count). The Hall–Kier alpha value is -2.81. The maximum Gasteiger partial charge on any atom is 0.250 e. The first-order valence-corrected chi connectivity index (χ1v) is 8.32. The number of carbonyl (C=O) groups is 1. The summed E-state index contributed by atoms with van der Waals surface area (Å²) in [5, 5.41) is 0. The summed E-state index contributed by atoms with van der Waals surface area (Å²) >= 11 is 0. The van der Waals surface area contributed by atoms with E-state index in [0.29, 0.717) is 11.6 Å². The third kappa shape index (κ3) is 2.52. The standard InChI is InChI=1S/C21H20N2O/c1-14-19(21(22)24)13-20(23(14)18-11-12-18)17-9-7-16(8-10-17)15-5-3-2-4-6-15/h2-10,13,18H,11-12H2,1H3,(H2,22,24). The van der Waals surface area contributed by atoms with Crippen LogP contribution in [0.3, 0.4) is 0 Å². The van der Waals surface area contributed by atoms with Gasteiger partial charge in [0.25, 0.3) is 5.91 Å². The number of nitrogens with two attached hydrogens (primary N) is 1. The number of aromatic nitrogens is 1. The van der Waals surface area contributed by atoms with Crippen molar-refractivity contribution < 1.29 is 4.79 Å². The predicted molar refractivity (Wildman–Crippen MR) is 96.8 cm³/mol. The van der Waals surface area contributed by atoms with E-state index >= 15 is 0 Å². The normalized spacial score (nSPS) is 13.9. The number of carbonyl (C=O) groups excluding carboxylic acids is 1. The minimum Gasteiger partial charge on any atom is -0.366 e. The Bertz CT molecular complexity index is 888. The highest BCUT2D eigenvalue weighted by atomic mass is 16.1. The lowest BCUT2D eigenvalue weighted by Gasteiger charge is -2.11. The van der Waals surface area contributed by atoms with Crippen LogP contribution < -0.4 is 5.73 Å². The van der Waals surface area contributed by atoms with Crippen molar-refractivity contribution in [3.8, 4) is 22.4 Å². The average Bonchev–Trinajstić information content (AvgIpc) is 3.38. The lowest BCUT2D eigenvalue weighted by atomic mass is 10.0. The van der Waals surface area contributed by atoms with Crippen molar-refractivity contribution in [3.05, 3.63) is 71.9 Å². The van der Waals surface area contributed by atoms with E-state index in [1.165, 1.54) is 24.0 Å². The Morgan fingerprint density at radius 2 is 1.54 bits per heavy atom. The maximum atomic E-state index is 11.7. The van der Waals surface area contributed by atoms with Gasteiger partial charge in [0.1, 0.15) is 0 Å². The van der Waals surface area contributed by atoms with Gasteiger partial charge in [-0.2, -0.15) is 0 Å². The molecule has 0 unspecified atom stereocenters. The summed E-state index contributed by atoms with van der Waals surface area (Å²) in [7, 11) is 0. The molecule has 2 aromatic carbocycles. The highest BCUT2D eigenvalue weighted by Gasteiger charge is 2.29. The van der Waals surface area contributed by atoms with Gasteiger partial charge in [0.2, 0.25) is 0 Å². The summed E-state index contributed by atoms with van der Waals surface area (Å²) in [4.78, 5) is 11.7. The fourth-order valence-corrected chi connectivity index (χ4v) is 3.36. The second-order valence-corrected chi connectivity index (χ2v) is 6.44. The van der Waals surface area contributed by atoms with E-state index in [1.54, 1.807) is 0 Å². The van der Waals surface area contributed by atoms with E-state index < -0.39 is 0 Å². The summed E-state index contributed by atoms with van der Waals surface area (Å²) in [5.41, 5.74) is 11.8.